The minimum atomic E-state index is -3.93. The summed E-state index contributed by atoms with van der Waals surface area (Å²) >= 11 is 5.86. The number of sulfonamides is 1. The molecule has 3 aromatic carbocycles. The van der Waals surface area contributed by atoms with Crippen LogP contribution in [-0.2, 0) is 10.0 Å². The lowest BCUT2D eigenvalue weighted by molar-refractivity contribution is 0.102. The van der Waals surface area contributed by atoms with Crippen LogP contribution in [0, 0.1) is 5.82 Å². The molecule has 0 atom stereocenters. The van der Waals surface area contributed by atoms with Gasteiger partial charge in [0.15, 0.2) is 0 Å². The first-order valence-corrected chi connectivity index (χ1v) is 9.65. The lowest BCUT2D eigenvalue weighted by atomic mass is 10.2. The molecular weight excluding hydrogens is 391 g/mol. The Bertz CT molecular complexity index is 1100. The van der Waals surface area contributed by atoms with E-state index in [4.69, 9.17) is 11.6 Å². The van der Waals surface area contributed by atoms with Crippen molar-refractivity contribution in [3.8, 4) is 0 Å². The predicted molar refractivity (Wildman–Crippen MR) is 103 cm³/mol. The number of hydrogen-bond acceptors (Lipinski definition) is 3. The normalized spacial score (nSPS) is 11.0. The van der Waals surface area contributed by atoms with Crippen LogP contribution in [0.2, 0.25) is 5.02 Å². The second kappa shape index (κ2) is 7.77. The Morgan fingerprint density at radius 2 is 1.67 bits per heavy atom. The molecule has 0 saturated carbocycles. The number of carbonyl (C=O) groups excluding carboxylic acids is 1. The zero-order chi connectivity index (χ0) is 19.4. The molecule has 138 valence electrons. The minimum absolute atomic E-state index is 0.00723. The number of halogens is 2. The maximum atomic E-state index is 13.7. The maximum Gasteiger partial charge on any atom is 0.261 e. The minimum Gasteiger partial charge on any atom is -0.319 e. The molecule has 0 radical (unpaired) electrons. The Morgan fingerprint density at radius 3 is 2.41 bits per heavy atom. The smallest absolute Gasteiger partial charge is 0.261 e. The van der Waals surface area contributed by atoms with Gasteiger partial charge in [-0.05, 0) is 48.5 Å². The number of rotatable bonds is 5. The third-order valence-electron chi connectivity index (χ3n) is 3.61. The quantitative estimate of drug-likeness (QED) is 0.655. The van der Waals surface area contributed by atoms with Gasteiger partial charge in [-0.15, -0.1) is 0 Å². The van der Waals surface area contributed by atoms with Gasteiger partial charge in [-0.1, -0.05) is 35.9 Å². The van der Waals surface area contributed by atoms with Crippen molar-refractivity contribution < 1.29 is 17.6 Å². The van der Waals surface area contributed by atoms with E-state index < -0.39 is 21.7 Å². The van der Waals surface area contributed by atoms with Crippen molar-refractivity contribution in [2.75, 3.05) is 10.0 Å². The van der Waals surface area contributed by atoms with E-state index in [-0.39, 0.29) is 16.1 Å². The average molecular weight is 405 g/mol. The van der Waals surface area contributed by atoms with Crippen molar-refractivity contribution in [2.45, 2.75) is 4.90 Å². The molecule has 0 aliphatic rings. The number of nitrogens with one attached hydrogen (secondary N) is 2. The Labute approximate surface area is 160 Å². The number of amides is 1. The molecule has 5 nitrogen and oxygen atoms in total. The Balaban J connectivity index is 1.84. The number of para-hydroxylation sites is 1. The summed E-state index contributed by atoms with van der Waals surface area (Å²) in [5.74, 6) is -1.21. The van der Waals surface area contributed by atoms with Gasteiger partial charge in [0.1, 0.15) is 5.82 Å². The molecule has 0 aliphatic carbocycles. The summed E-state index contributed by atoms with van der Waals surface area (Å²) in [5, 5.41) is 2.80. The van der Waals surface area contributed by atoms with Crippen LogP contribution < -0.4 is 10.0 Å². The lowest BCUT2D eigenvalue weighted by Crippen LogP contribution is -2.16. The van der Waals surface area contributed by atoms with Crippen LogP contribution in [0.1, 0.15) is 10.4 Å². The molecule has 2 N–H and O–H groups in total. The second-order valence-corrected chi connectivity index (χ2v) is 7.70. The third-order valence-corrected chi connectivity index (χ3v) is 5.22. The summed E-state index contributed by atoms with van der Waals surface area (Å²) in [7, 11) is -3.93. The highest BCUT2D eigenvalue weighted by atomic mass is 35.5. The Kier molecular flexibility index (Phi) is 5.43. The molecule has 0 fully saturated rings. The SMILES string of the molecule is O=C(Nc1ccccc1F)c1cccc(S(=O)(=O)Nc2cccc(Cl)c2)c1. The van der Waals surface area contributed by atoms with Crippen LogP contribution in [-0.4, -0.2) is 14.3 Å². The van der Waals surface area contributed by atoms with Crippen LogP contribution >= 0.6 is 11.6 Å². The average Bonchev–Trinajstić information content (AvgIpc) is 2.63. The summed E-state index contributed by atoms with van der Waals surface area (Å²) in [6, 6.07) is 17.4. The zero-order valence-corrected chi connectivity index (χ0v) is 15.4. The van der Waals surface area contributed by atoms with Crippen molar-refractivity contribution >= 4 is 38.9 Å². The summed E-state index contributed by atoms with van der Waals surface area (Å²) in [4.78, 5) is 12.2. The van der Waals surface area contributed by atoms with Crippen LogP contribution in [0.5, 0.6) is 0 Å². The molecule has 0 spiro atoms. The predicted octanol–water partition coefficient (Wildman–Crippen LogP) is 4.53. The van der Waals surface area contributed by atoms with Gasteiger partial charge in [-0.3, -0.25) is 9.52 Å². The fourth-order valence-corrected chi connectivity index (χ4v) is 3.61. The highest BCUT2D eigenvalue weighted by Crippen LogP contribution is 2.21. The van der Waals surface area contributed by atoms with Crippen molar-refractivity contribution in [2.24, 2.45) is 0 Å². The molecule has 3 aromatic rings. The number of anilines is 2. The summed E-state index contributed by atoms with van der Waals surface area (Å²) in [5.41, 5.74) is 0.378. The van der Waals surface area contributed by atoms with Gasteiger partial charge in [0.25, 0.3) is 15.9 Å². The van der Waals surface area contributed by atoms with E-state index in [1.807, 2.05) is 0 Å². The van der Waals surface area contributed by atoms with Gasteiger partial charge in [0.2, 0.25) is 0 Å². The molecule has 3 rings (SSSR count). The standard InChI is InChI=1S/C19H14ClFN2O3S/c20-14-6-4-7-15(12-14)23-27(25,26)16-8-3-5-13(11-16)19(24)22-18-10-2-1-9-17(18)21/h1-12,23H,(H,22,24). The Hall–Kier alpha value is -2.90. The molecule has 1 amide bonds. The third kappa shape index (κ3) is 4.64. The fraction of sp³-hybridized carbons (Fsp3) is 0. The van der Waals surface area contributed by atoms with Gasteiger partial charge < -0.3 is 5.32 Å². The van der Waals surface area contributed by atoms with Crippen molar-refractivity contribution in [1.29, 1.82) is 0 Å². The highest BCUT2D eigenvalue weighted by Gasteiger charge is 2.17. The van der Waals surface area contributed by atoms with E-state index >= 15 is 0 Å². The Morgan fingerprint density at radius 1 is 0.926 bits per heavy atom. The van der Waals surface area contributed by atoms with E-state index in [0.29, 0.717) is 10.7 Å². The second-order valence-electron chi connectivity index (χ2n) is 5.58. The first kappa shape index (κ1) is 18.9. The molecular formula is C19H14ClFN2O3S. The van der Waals surface area contributed by atoms with E-state index in [2.05, 4.69) is 10.0 Å². The summed E-state index contributed by atoms with van der Waals surface area (Å²) in [6.07, 6.45) is 0. The first-order chi connectivity index (χ1) is 12.8. The zero-order valence-electron chi connectivity index (χ0n) is 13.8. The van der Waals surface area contributed by atoms with E-state index in [1.165, 1.54) is 48.5 Å². The molecule has 0 bridgehead atoms. The van der Waals surface area contributed by atoms with Crippen molar-refractivity contribution in [3.63, 3.8) is 0 Å². The molecule has 0 heterocycles. The van der Waals surface area contributed by atoms with Gasteiger partial charge >= 0.3 is 0 Å². The monoisotopic (exact) mass is 404 g/mol. The highest BCUT2D eigenvalue weighted by molar-refractivity contribution is 7.92. The van der Waals surface area contributed by atoms with Gasteiger partial charge in [0, 0.05) is 10.6 Å². The van der Waals surface area contributed by atoms with E-state index in [9.17, 15) is 17.6 Å². The first-order valence-electron chi connectivity index (χ1n) is 7.79. The number of benzene rings is 3. The van der Waals surface area contributed by atoms with Crippen molar-refractivity contribution in [3.05, 3.63) is 89.2 Å². The number of hydrogen-bond donors (Lipinski definition) is 2. The van der Waals surface area contributed by atoms with Gasteiger partial charge in [-0.25, -0.2) is 12.8 Å². The molecule has 0 aromatic heterocycles. The summed E-state index contributed by atoms with van der Waals surface area (Å²) < 4.78 is 41.2. The van der Waals surface area contributed by atoms with Gasteiger partial charge in [0.05, 0.1) is 16.3 Å². The van der Waals surface area contributed by atoms with Crippen LogP contribution in [0.25, 0.3) is 0 Å². The molecule has 0 unspecified atom stereocenters. The number of carbonyl (C=O) groups is 1. The molecule has 27 heavy (non-hydrogen) atoms. The van der Waals surface area contributed by atoms with Crippen LogP contribution in [0.15, 0.2) is 77.7 Å². The van der Waals surface area contributed by atoms with E-state index in [0.717, 1.165) is 0 Å². The maximum absolute atomic E-state index is 13.7. The molecule has 0 saturated heterocycles. The summed E-state index contributed by atoms with van der Waals surface area (Å²) in [6.45, 7) is 0. The van der Waals surface area contributed by atoms with E-state index in [1.54, 1.807) is 24.3 Å². The van der Waals surface area contributed by atoms with Crippen LogP contribution in [0.3, 0.4) is 0 Å². The largest absolute Gasteiger partial charge is 0.319 e. The van der Waals surface area contributed by atoms with Crippen LogP contribution in [0.4, 0.5) is 15.8 Å². The molecule has 0 aliphatic heterocycles. The molecule has 8 heteroatoms. The lowest BCUT2D eigenvalue weighted by Gasteiger charge is -2.10. The van der Waals surface area contributed by atoms with Crippen molar-refractivity contribution in [1.82, 2.24) is 0 Å². The van der Waals surface area contributed by atoms with Gasteiger partial charge in [-0.2, -0.15) is 0 Å². The topological polar surface area (TPSA) is 75.3 Å². The fourth-order valence-electron chi connectivity index (χ4n) is 2.33.